The zero-order valence-electron chi connectivity index (χ0n) is 13.8. The first-order valence-electron chi connectivity index (χ1n) is 7.22. The van der Waals surface area contributed by atoms with Crippen LogP contribution in [0.4, 0.5) is 21.0 Å². The SMILES string of the molecule is Cc1ccc(N(C(=O)NC(=O)Nc2ccc(Cl)c(Cl)c2)S(C)(=O)=O)cc1. The van der Waals surface area contributed by atoms with Gasteiger partial charge in [-0.2, -0.15) is 4.31 Å². The molecule has 2 N–H and O–H groups in total. The van der Waals surface area contributed by atoms with Gasteiger partial charge in [0.1, 0.15) is 0 Å². The Kier molecular flexibility index (Phi) is 6.12. The average molecular weight is 416 g/mol. The molecule has 0 fully saturated rings. The molecule has 0 saturated carbocycles. The molecule has 0 aromatic heterocycles. The number of carbonyl (C=O) groups excluding carboxylic acids is 2. The van der Waals surface area contributed by atoms with Gasteiger partial charge in [-0.3, -0.25) is 5.32 Å². The van der Waals surface area contributed by atoms with E-state index < -0.39 is 22.1 Å². The van der Waals surface area contributed by atoms with Crippen LogP contribution in [0.1, 0.15) is 5.56 Å². The third-order valence-electron chi connectivity index (χ3n) is 3.18. The largest absolute Gasteiger partial charge is 0.343 e. The standard InChI is InChI=1S/C16H15Cl2N3O4S/c1-10-3-6-12(7-4-10)21(26(2,24)25)16(23)20-15(22)19-11-5-8-13(17)14(18)9-11/h3-9H,1-2H3,(H2,19,20,22,23). The van der Waals surface area contributed by atoms with Crippen LogP contribution in [0.2, 0.25) is 10.0 Å². The molecule has 0 aliphatic rings. The number of hydrogen-bond acceptors (Lipinski definition) is 4. The molecule has 0 heterocycles. The van der Waals surface area contributed by atoms with Crippen molar-refractivity contribution in [2.75, 3.05) is 15.9 Å². The minimum atomic E-state index is -3.96. The van der Waals surface area contributed by atoms with Crippen LogP contribution in [-0.4, -0.2) is 26.7 Å². The summed E-state index contributed by atoms with van der Waals surface area (Å²) in [6.07, 6.45) is 0.864. The Morgan fingerprint density at radius 3 is 2.15 bits per heavy atom. The lowest BCUT2D eigenvalue weighted by molar-refractivity contribution is 0.238. The number of nitrogens with one attached hydrogen (secondary N) is 2. The predicted octanol–water partition coefficient (Wildman–Crippen LogP) is 4.01. The third kappa shape index (κ3) is 5.10. The second-order valence-corrected chi connectivity index (χ2v) is 8.02. The lowest BCUT2D eigenvalue weighted by atomic mass is 10.2. The van der Waals surface area contributed by atoms with Crippen LogP contribution in [-0.2, 0) is 10.0 Å². The molecular weight excluding hydrogens is 401 g/mol. The molecule has 0 spiro atoms. The molecular formula is C16H15Cl2N3O4S. The highest BCUT2D eigenvalue weighted by molar-refractivity contribution is 7.92. The summed E-state index contributed by atoms with van der Waals surface area (Å²) in [5, 5.41) is 4.85. The molecule has 0 aliphatic carbocycles. The summed E-state index contributed by atoms with van der Waals surface area (Å²) >= 11 is 11.6. The Morgan fingerprint density at radius 2 is 1.62 bits per heavy atom. The summed E-state index contributed by atoms with van der Waals surface area (Å²) in [5.74, 6) is 0. The van der Waals surface area contributed by atoms with Gasteiger partial charge in [0.2, 0.25) is 10.0 Å². The molecule has 10 heteroatoms. The van der Waals surface area contributed by atoms with Crippen molar-refractivity contribution >= 4 is 56.7 Å². The highest BCUT2D eigenvalue weighted by Gasteiger charge is 2.26. The number of hydrogen-bond donors (Lipinski definition) is 2. The molecule has 2 aromatic carbocycles. The molecule has 0 saturated heterocycles. The minimum Gasteiger partial charge on any atom is -0.308 e. The minimum absolute atomic E-state index is 0.109. The quantitative estimate of drug-likeness (QED) is 0.791. The van der Waals surface area contributed by atoms with Crippen LogP contribution in [0.15, 0.2) is 42.5 Å². The van der Waals surface area contributed by atoms with E-state index in [0.717, 1.165) is 11.8 Å². The monoisotopic (exact) mass is 415 g/mol. The summed E-state index contributed by atoms with van der Waals surface area (Å²) in [7, 11) is -3.96. The van der Waals surface area contributed by atoms with E-state index in [0.29, 0.717) is 9.33 Å². The summed E-state index contributed by atoms with van der Waals surface area (Å²) in [5.41, 5.74) is 1.28. The predicted molar refractivity (Wildman–Crippen MR) is 103 cm³/mol. The maximum absolute atomic E-state index is 12.3. The molecule has 0 radical (unpaired) electrons. The van der Waals surface area contributed by atoms with Gasteiger partial charge in [0.05, 0.1) is 22.0 Å². The van der Waals surface area contributed by atoms with Gasteiger partial charge >= 0.3 is 12.1 Å². The molecule has 0 unspecified atom stereocenters. The van der Waals surface area contributed by atoms with Gasteiger partial charge in [-0.15, -0.1) is 0 Å². The summed E-state index contributed by atoms with van der Waals surface area (Å²) < 4.78 is 24.5. The van der Waals surface area contributed by atoms with Gasteiger partial charge in [-0.05, 0) is 37.3 Å². The van der Waals surface area contributed by atoms with Crippen LogP contribution < -0.4 is 14.9 Å². The van der Waals surface area contributed by atoms with E-state index in [1.165, 1.54) is 30.3 Å². The summed E-state index contributed by atoms with van der Waals surface area (Å²) in [6, 6.07) is 8.53. The second kappa shape index (κ2) is 7.94. The van der Waals surface area contributed by atoms with E-state index in [-0.39, 0.29) is 16.4 Å². The van der Waals surface area contributed by atoms with Gasteiger partial charge in [0, 0.05) is 5.69 Å². The van der Waals surface area contributed by atoms with Gasteiger partial charge in [0.25, 0.3) is 0 Å². The summed E-state index contributed by atoms with van der Waals surface area (Å²) in [6.45, 7) is 1.82. The molecule has 138 valence electrons. The lowest BCUT2D eigenvalue weighted by Crippen LogP contribution is -2.47. The number of nitrogens with zero attached hydrogens (tertiary/aromatic N) is 1. The Morgan fingerprint density at radius 1 is 1.00 bits per heavy atom. The van der Waals surface area contributed by atoms with Crippen molar-refractivity contribution in [1.29, 1.82) is 0 Å². The Bertz CT molecular complexity index is 946. The maximum Gasteiger partial charge on any atom is 0.343 e. The fourth-order valence-electron chi connectivity index (χ4n) is 2.02. The number of anilines is 2. The van der Waals surface area contributed by atoms with Crippen LogP contribution in [0, 0.1) is 6.92 Å². The van der Waals surface area contributed by atoms with Crippen LogP contribution in [0.25, 0.3) is 0 Å². The van der Waals surface area contributed by atoms with E-state index in [9.17, 15) is 18.0 Å². The lowest BCUT2D eigenvalue weighted by Gasteiger charge is -2.20. The molecule has 0 aliphatic heterocycles. The van der Waals surface area contributed by atoms with Crippen molar-refractivity contribution in [3.8, 4) is 0 Å². The first kappa shape index (κ1) is 20.0. The molecule has 2 aromatic rings. The molecule has 4 amide bonds. The van der Waals surface area contributed by atoms with E-state index in [1.807, 2.05) is 12.2 Å². The molecule has 0 atom stereocenters. The zero-order chi connectivity index (χ0) is 19.5. The van der Waals surface area contributed by atoms with Crippen molar-refractivity contribution < 1.29 is 18.0 Å². The van der Waals surface area contributed by atoms with Crippen molar-refractivity contribution in [1.82, 2.24) is 5.32 Å². The van der Waals surface area contributed by atoms with E-state index in [4.69, 9.17) is 23.2 Å². The van der Waals surface area contributed by atoms with Crippen molar-refractivity contribution in [3.05, 3.63) is 58.1 Å². The topological polar surface area (TPSA) is 95.6 Å². The molecule has 0 bridgehead atoms. The van der Waals surface area contributed by atoms with Crippen molar-refractivity contribution in [3.63, 3.8) is 0 Å². The van der Waals surface area contributed by atoms with Gasteiger partial charge in [-0.25, -0.2) is 18.0 Å². The maximum atomic E-state index is 12.3. The van der Waals surface area contributed by atoms with Crippen molar-refractivity contribution in [2.45, 2.75) is 6.92 Å². The summed E-state index contributed by atoms with van der Waals surface area (Å²) in [4.78, 5) is 24.3. The number of sulfonamides is 1. The normalized spacial score (nSPS) is 10.9. The van der Waals surface area contributed by atoms with Gasteiger partial charge in [0.15, 0.2) is 0 Å². The number of imide groups is 1. The highest BCUT2D eigenvalue weighted by atomic mass is 35.5. The first-order valence-corrected chi connectivity index (χ1v) is 9.82. The number of carbonyl (C=O) groups is 2. The van der Waals surface area contributed by atoms with Crippen LogP contribution >= 0.6 is 23.2 Å². The third-order valence-corrected chi connectivity index (χ3v) is 4.96. The van der Waals surface area contributed by atoms with Gasteiger partial charge in [-0.1, -0.05) is 40.9 Å². The molecule has 2 rings (SSSR count). The Balaban J connectivity index is 2.17. The van der Waals surface area contributed by atoms with E-state index in [1.54, 1.807) is 12.1 Å². The Labute approximate surface area is 160 Å². The second-order valence-electron chi connectivity index (χ2n) is 5.38. The smallest absolute Gasteiger partial charge is 0.308 e. The average Bonchev–Trinajstić information content (AvgIpc) is 2.51. The van der Waals surface area contributed by atoms with Gasteiger partial charge < -0.3 is 5.32 Å². The molecule has 7 nitrogen and oxygen atoms in total. The van der Waals surface area contributed by atoms with Crippen LogP contribution in [0.3, 0.4) is 0 Å². The number of aryl methyl sites for hydroxylation is 1. The number of amides is 4. The number of benzene rings is 2. The van der Waals surface area contributed by atoms with E-state index in [2.05, 4.69) is 5.32 Å². The first-order chi connectivity index (χ1) is 12.1. The van der Waals surface area contributed by atoms with Crippen molar-refractivity contribution in [2.24, 2.45) is 0 Å². The van der Waals surface area contributed by atoms with E-state index >= 15 is 0 Å². The number of halogens is 2. The number of rotatable bonds is 3. The number of urea groups is 2. The van der Waals surface area contributed by atoms with Crippen LogP contribution in [0.5, 0.6) is 0 Å². The molecule has 26 heavy (non-hydrogen) atoms. The fraction of sp³-hybridized carbons (Fsp3) is 0.125. The Hall–Kier alpha value is -2.29. The highest BCUT2D eigenvalue weighted by Crippen LogP contribution is 2.25. The fourth-order valence-corrected chi connectivity index (χ4v) is 3.17. The zero-order valence-corrected chi connectivity index (χ0v) is 16.1.